The van der Waals surface area contributed by atoms with E-state index in [1.807, 2.05) is 26.8 Å². The fraction of sp³-hybridized carbons (Fsp3) is 0.625. The maximum Gasteiger partial charge on any atom is 0.123 e. The van der Waals surface area contributed by atoms with Crippen molar-refractivity contribution in [2.45, 2.75) is 40.2 Å². The maximum absolute atomic E-state index is 13.1. The first kappa shape index (κ1) is 16.1. The Labute approximate surface area is 117 Å². The first-order valence-corrected chi connectivity index (χ1v) is 7.43. The number of halogens is 1. The summed E-state index contributed by atoms with van der Waals surface area (Å²) in [6.45, 7) is 11.2. The number of nitrogens with one attached hydrogen (secondary N) is 1. The molecule has 0 aliphatic carbocycles. The van der Waals surface area contributed by atoms with Gasteiger partial charge in [0, 0.05) is 19.6 Å². The van der Waals surface area contributed by atoms with E-state index in [4.69, 9.17) is 0 Å². The Bertz CT molecular complexity index is 340. The van der Waals surface area contributed by atoms with E-state index in [1.165, 1.54) is 25.9 Å². The molecule has 1 aliphatic heterocycles. The Morgan fingerprint density at radius 3 is 2.47 bits per heavy atom. The Morgan fingerprint density at radius 2 is 1.84 bits per heavy atom. The highest BCUT2D eigenvalue weighted by molar-refractivity contribution is 5.23. The van der Waals surface area contributed by atoms with Gasteiger partial charge in [-0.2, -0.15) is 0 Å². The average molecular weight is 266 g/mol. The van der Waals surface area contributed by atoms with Crippen molar-refractivity contribution in [1.82, 2.24) is 10.2 Å². The van der Waals surface area contributed by atoms with Crippen LogP contribution in [-0.2, 0) is 6.54 Å². The van der Waals surface area contributed by atoms with Crippen LogP contribution in [0.2, 0.25) is 0 Å². The van der Waals surface area contributed by atoms with Crippen LogP contribution in [0.25, 0.3) is 0 Å². The predicted molar refractivity (Wildman–Crippen MR) is 79.9 cm³/mol. The number of hydrogen-bond donors (Lipinski definition) is 1. The molecule has 1 aliphatic rings. The fourth-order valence-corrected chi connectivity index (χ4v) is 2.39. The second-order valence-corrected chi connectivity index (χ2v) is 4.86. The van der Waals surface area contributed by atoms with E-state index in [9.17, 15) is 4.39 Å². The van der Waals surface area contributed by atoms with Gasteiger partial charge in [-0.25, -0.2) is 4.39 Å². The summed E-state index contributed by atoms with van der Waals surface area (Å²) in [5.74, 6) is -0.138. The van der Waals surface area contributed by atoms with Crippen LogP contribution in [0.4, 0.5) is 4.39 Å². The minimum absolute atomic E-state index is 0.138. The minimum atomic E-state index is -0.138. The van der Waals surface area contributed by atoms with Crippen molar-refractivity contribution >= 4 is 0 Å². The summed E-state index contributed by atoms with van der Waals surface area (Å²) in [4.78, 5) is 2.48. The third-order valence-corrected chi connectivity index (χ3v) is 3.23. The van der Waals surface area contributed by atoms with Gasteiger partial charge in [-0.3, -0.25) is 0 Å². The highest BCUT2D eigenvalue weighted by Crippen LogP contribution is 2.08. The summed E-state index contributed by atoms with van der Waals surface area (Å²) in [6.07, 6.45) is 2.67. The van der Waals surface area contributed by atoms with Gasteiger partial charge in [-0.05, 0) is 56.1 Å². The zero-order valence-electron chi connectivity index (χ0n) is 12.5. The molecule has 0 saturated carbocycles. The van der Waals surface area contributed by atoms with Crippen molar-refractivity contribution in [2.75, 3.05) is 26.2 Å². The lowest BCUT2D eigenvalue weighted by atomic mass is 10.1. The highest BCUT2D eigenvalue weighted by Gasteiger charge is 2.09. The van der Waals surface area contributed by atoms with Gasteiger partial charge in [-0.15, -0.1) is 0 Å². The molecule has 1 heterocycles. The molecule has 1 saturated heterocycles. The average Bonchev–Trinajstić information content (AvgIpc) is 2.89. The summed E-state index contributed by atoms with van der Waals surface area (Å²) in [7, 11) is 0. The Balaban J connectivity index is 0.000000861. The molecule has 1 aromatic rings. The predicted octanol–water partition coefficient (Wildman–Crippen LogP) is 3.35. The molecule has 0 radical (unpaired) electrons. The molecule has 1 fully saturated rings. The number of rotatable bonds is 5. The van der Waals surface area contributed by atoms with Gasteiger partial charge in [0.1, 0.15) is 5.82 Å². The smallest absolute Gasteiger partial charge is 0.123 e. The van der Waals surface area contributed by atoms with E-state index in [-0.39, 0.29) is 5.82 Å². The molecule has 0 amide bonds. The van der Waals surface area contributed by atoms with Crippen molar-refractivity contribution in [3.05, 3.63) is 35.1 Å². The summed E-state index contributed by atoms with van der Waals surface area (Å²) >= 11 is 0. The zero-order valence-corrected chi connectivity index (χ0v) is 12.5. The second kappa shape index (κ2) is 9.05. The normalized spacial score (nSPS) is 15.2. The Hall–Kier alpha value is -0.930. The summed E-state index contributed by atoms with van der Waals surface area (Å²) in [5.41, 5.74) is 2.02. The third kappa shape index (κ3) is 6.17. The Kier molecular flexibility index (Phi) is 7.68. The number of aryl methyl sites for hydroxylation is 1. The van der Waals surface area contributed by atoms with Crippen LogP contribution in [0, 0.1) is 12.7 Å². The van der Waals surface area contributed by atoms with E-state index >= 15 is 0 Å². The van der Waals surface area contributed by atoms with E-state index in [0.29, 0.717) is 0 Å². The number of benzene rings is 1. The number of likely N-dealkylation sites (tertiary alicyclic amines) is 1. The van der Waals surface area contributed by atoms with Gasteiger partial charge in [0.25, 0.3) is 0 Å². The van der Waals surface area contributed by atoms with Crippen molar-refractivity contribution in [3.63, 3.8) is 0 Å². The maximum atomic E-state index is 13.1. The van der Waals surface area contributed by atoms with E-state index in [0.717, 1.165) is 30.8 Å². The number of hydrogen-bond acceptors (Lipinski definition) is 2. The van der Waals surface area contributed by atoms with Gasteiger partial charge in [-0.1, -0.05) is 19.9 Å². The van der Waals surface area contributed by atoms with Crippen LogP contribution < -0.4 is 5.32 Å². The summed E-state index contributed by atoms with van der Waals surface area (Å²) in [5, 5.41) is 3.37. The van der Waals surface area contributed by atoms with Crippen LogP contribution in [0.15, 0.2) is 18.2 Å². The van der Waals surface area contributed by atoms with Gasteiger partial charge < -0.3 is 10.2 Å². The fourth-order valence-electron chi connectivity index (χ4n) is 2.39. The first-order valence-electron chi connectivity index (χ1n) is 7.43. The highest BCUT2D eigenvalue weighted by atomic mass is 19.1. The molecule has 2 nitrogen and oxygen atoms in total. The van der Waals surface area contributed by atoms with Crippen LogP contribution in [0.5, 0.6) is 0 Å². The van der Waals surface area contributed by atoms with Crippen LogP contribution in [-0.4, -0.2) is 31.1 Å². The molecule has 19 heavy (non-hydrogen) atoms. The molecular formula is C16H27FN2. The van der Waals surface area contributed by atoms with Crippen LogP contribution >= 0.6 is 0 Å². The van der Waals surface area contributed by atoms with Gasteiger partial charge in [0.2, 0.25) is 0 Å². The molecule has 0 unspecified atom stereocenters. The molecule has 3 heteroatoms. The molecular weight excluding hydrogens is 239 g/mol. The quantitative estimate of drug-likeness (QED) is 0.822. The topological polar surface area (TPSA) is 15.3 Å². The standard InChI is InChI=1S/C14H21FN2.C2H6/c1-12-8-13(10-14(15)9-12)11-16-4-7-17-5-2-3-6-17;1-2/h8-10,16H,2-7,11H2,1H3;1-2H3. The van der Waals surface area contributed by atoms with Crippen LogP contribution in [0.3, 0.4) is 0 Å². The molecule has 1 N–H and O–H groups in total. The van der Waals surface area contributed by atoms with E-state index in [2.05, 4.69) is 10.2 Å². The van der Waals surface area contributed by atoms with Crippen molar-refractivity contribution < 1.29 is 4.39 Å². The molecule has 2 rings (SSSR count). The van der Waals surface area contributed by atoms with Crippen molar-refractivity contribution in [3.8, 4) is 0 Å². The Morgan fingerprint density at radius 1 is 1.16 bits per heavy atom. The molecule has 0 atom stereocenters. The lowest BCUT2D eigenvalue weighted by Crippen LogP contribution is -2.29. The van der Waals surface area contributed by atoms with Crippen LogP contribution in [0.1, 0.15) is 37.8 Å². The van der Waals surface area contributed by atoms with Gasteiger partial charge in [0.05, 0.1) is 0 Å². The van der Waals surface area contributed by atoms with Crippen molar-refractivity contribution in [2.24, 2.45) is 0 Å². The van der Waals surface area contributed by atoms with E-state index < -0.39 is 0 Å². The lowest BCUT2D eigenvalue weighted by Gasteiger charge is -2.14. The first-order chi connectivity index (χ1) is 9.24. The van der Waals surface area contributed by atoms with Gasteiger partial charge in [0.15, 0.2) is 0 Å². The number of nitrogens with zero attached hydrogens (tertiary/aromatic N) is 1. The molecule has 108 valence electrons. The lowest BCUT2D eigenvalue weighted by molar-refractivity contribution is 0.335. The summed E-state index contributed by atoms with van der Waals surface area (Å²) in [6, 6.07) is 5.20. The molecule has 1 aromatic carbocycles. The van der Waals surface area contributed by atoms with E-state index in [1.54, 1.807) is 12.1 Å². The summed E-state index contributed by atoms with van der Waals surface area (Å²) < 4.78 is 13.1. The second-order valence-electron chi connectivity index (χ2n) is 4.86. The third-order valence-electron chi connectivity index (χ3n) is 3.23. The minimum Gasteiger partial charge on any atom is -0.311 e. The largest absolute Gasteiger partial charge is 0.311 e. The monoisotopic (exact) mass is 266 g/mol. The molecule has 0 spiro atoms. The molecule has 0 bridgehead atoms. The van der Waals surface area contributed by atoms with Crippen molar-refractivity contribution in [1.29, 1.82) is 0 Å². The zero-order chi connectivity index (χ0) is 14.1. The van der Waals surface area contributed by atoms with Gasteiger partial charge >= 0.3 is 0 Å². The molecule has 0 aromatic heterocycles. The SMILES string of the molecule is CC.Cc1cc(F)cc(CNCCN2CCCC2)c1.